The number of carbonyl (C=O) groups excluding carboxylic acids is 1. The highest BCUT2D eigenvalue weighted by Gasteiger charge is 2.21. The van der Waals surface area contributed by atoms with E-state index in [0.29, 0.717) is 17.2 Å². The van der Waals surface area contributed by atoms with E-state index >= 15 is 0 Å². The third-order valence-electron chi connectivity index (χ3n) is 4.99. The number of anilines is 1. The summed E-state index contributed by atoms with van der Waals surface area (Å²) < 4.78 is 26.3. The molecule has 0 fully saturated rings. The fourth-order valence-electron chi connectivity index (χ4n) is 2.95. The van der Waals surface area contributed by atoms with E-state index < -0.39 is 10.0 Å². The van der Waals surface area contributed by atoms with E-state index in [1.165, 1.54) is 10.6 Å². The zero-order valence-corrected chi connectivity index (χ0v) is 18.3. The number of aryl methyl sites for hydroxylation is 2. The van der Waals surface area contributed by atoms with Crippen molar-refractivity contribution in [3.63, 3.8) is 0 Å². The van der Waals surface area contributed by atoms with Crippen molar-refractivity contribution in [2.45, 2.75) is 47.2 Å². The van der Waals surface area contributed by atoms with Crippen LogP contribution in [0.15, 0.2) is 42.5 Å². The molecule has 1 amide bonds. The molecule has 0 aliphatic rings. The molecule has 0 unspecified atom stereocenters. The van der Waals surface area contributed by atoms with E-state index in [9.17, 15) is 13.2 Å². The first kappa shape index (κ1) is 22.0. The van der Waals surface area contributed by atoms with Gasteiger partial charge in [-0.3, -0.25) is 9.10 Å². The van der Waals surface area contributed by atoms with E-state index in [4.69, 9.17) is 0 Å². The minimum Gasteiger partial charge on any atom is -0.349 e. The quantitative estimate of drug-likeness (QED) is 0.760. The van der Waals surface area contributed by atoms with Gasteiger partial charge in [-0.2, -0.15) is 0 Å². The van der Waals surface area contributed by atoms with Crippen LogP contribution in [0.5, 0.6) is 0 Å². The lowest BCUT2D eigenvalue weighted by molar-refractivity contribution is 0.0930. The Morgan fingerprint density at radius 2 is 1.54 bits per heavy atom. The lowest BCUT2D eigenvalue weighted by atomic mass is 10.1. The third-order valence-corrected chi connectivity index (χ3v) is 6.10. The smallest absolute Gasteiger partial charge is 0.251 e. The number of benzene rings is 2. The third kappa shape index (κ3) is 5.35. The van der Waals surface area contributed by atoms with Crippen molar-refractivity contribution >= 4 is 21.6 Å². The molecule has 0 aliphatic heterocycles. The van der Waals surface area contributed by atoms with Crippen molar-refractivity contribution in [1.29, 1.82) is 0 Å². The fraction of sp³-hybridized carbons (Fsp3) is 0.409. The Labute approximate surface area is 168 Å². The molecule has 2 aromatic rings. The molecule has 5 nitrogen and oxygen atoms in total. The first-order valence-corrected chi connectivity index (χ1v) is 11.3. The molecule has 0 spiro atoms. The second-order valence-corrected chi connectivity index (χ2v) is 9.62. The van der Waals surface area contributed by atoms with E-state index in [2.05, 4.69) is 19.2 Å². The Balaban J connectivity index is 2.26. The summed E-state index contributed by atoms with van der Waals surface area (Å²) in [7, 11) is -3.46. The van der Waals surface area contributed by atoms with Crippen molar-refractivity contribution in [2.75, 3.05) is 10.6 Å². The molecule has 0 heterocycles. The van der Waals surface area contributed by atoms with Gasteiger partial charge < -0.3 is 5.32 Å². The van der Waals surface area contributed by atoms with Gasteiger partial charge in [0.15, 0.2) is 0 Å². The zero-order valence-electron chi connectivity index (χ0n) is 17.5. The first-order valence-electron chi connectivity index (χ1n) is 9.44. The second-order valence-electron chi connectivity index (χ2n) is 7.71. The molecule has 2 aromatic carbocycles. The van der Waals surface area contributed by atoms with Crippen molar-refractivity contribution in [3.05, 3.63) is 64.7 Å². The molecule has 2 rings (SSSR count). The molecule has 1 N–H and O–H groups in total. The van der Waals surface area contributed by atoms with Gasteiger partial charge >= 0.3 is 0 Å². The van der Waals surface area contributed by atoms with Gasteiger partial charge in [-0.25, -0.2) is 8.42 Å². The van der Waals surface area contributed by atoms with Gasteiger partial charge in [-0.05, 0) is 55.5 Å². The molecule has 0 aromatic heterocycles. The van der Waals surface area contributed by atoms with Crippen LogP contribution in [0.25, 0.3) is 0 Å². The van der Waals surface area contributed by atoms with Gasteiger partial charge in [0, 0.05) is 11.6 Å². The van der Waals surface area contributed by atoms with Crippen molar-refractivity contribution in [1.82, 2.24) is 5.32 Å². The molecule has 0 saturated carbocycles. The average molecular weight is 403 g/mol. The number of hydrogen-bond acceptors (Lipinski definition) is 3. The summed E-state index contributed by atoms with van der Waals surface area (Å²) in [4.78, 5) is 12.3. The SMILES string of the molecule is Cc1cccc(C)c1N(Cc1ccc(C(=O)N[C@@H](C)C(C)C)cc1)S(C)(=O)=O. The first-order chi connectivity index (χ1) is 13.0. The van der Waals surface area contributed by atoms with Crippen LogP contribution in [0.2, 0.25) is 0 Å². The molecule has 0 bridgehead atoms. The number of hydrogen-bond donors (Lipinski definition) is 1. The number of para-hydroxylation sites is 1. The van der Waals surface area contributed by atoms with Gasteiger partial charge in [0.25, 0.3) is 5.91 Å². The summed E-state index contributed by atoms with van der Waals surface area (Å²) in [6.45, 7) is 10.1. The van der Waals surface area contributed by atoms with E-state index in [1.54, 1.807) is 24.3 Å². The largest absolute Gasteiger partial charge is 0.349 e. The van der Waals surface area contributed by atoms with Crippen LogP contribution in [-0.4, -0.2) is 26.6 Å². The standard InChI is InChI=1S/C22H30N2O3S/c1-15(2)18(5)23-22(25)20-12-10-19(11-13-20)14-24(28(6,26)27)21-16(3)8-7-9-17(21)4/h7-13,15,18H,14H2,1-6H3,(H,23,25)/t18-/m0/s1. The molecule has 0 aliphatic carbocycles. The maximum atomic E-state index is 12.5. The minimum absolute atomic E-state index is 0.0805. The van der Waals surface area contributed by atoms with Crippen LogP contribution in [0.4, 0.5) is 5.69 Å². The summed E-state index contributed by atoms with van der Waals surface area (Å²) in [6.07, 6.45) is 1.22. The Morgan fingerprint density at radius 1 is 1.00 bits per heavy atom. The second kappa shape index (κ2) is 8.78. The van der Waals surface area contributed by atoms with Gasteiger partial charge in [-0.1, -0.05) is 44.2 Å². The maximum Gasteiger partial charge on any atom is 0.251 e. The van der Waals surface area contributed by atoms with Crippen LogP contribution in [0, 0.1) is 19.8 Å². The van der Waals surface area contributed by atoms with Crippen molar-refractivity contribution < 1.29 is 13.2 Å². The number of amides is 1. The predicted octanol–water partition coefficient (Wildman–Crippen LogP) is 4.04. The zero-order chi connectivity index (χ0) is 21.1. The summed E-state index contributed by atoms with van der Waals surface area (Å²) in [5.41, 5.74) is 3.90. The number of nitrogens with one attached hydrogen (secondary N) is 1. The van der Waals surface area contributed by atoms with Crippen molar-refractivity contribution in [2.24, 2.45) is 5.92 Å². The normalized spacial score (nSPS) is 12.7. The highest BCUT2D eigenvalue weighted by Crippen LogP contribution is 2.28. The maximum absolute atomic E-state index is 12.5. The highest BCUT2D eigenvalue weighted by molar-refractivity contribution is 7.92. The topological polar surface area (TPSA) is 66.5 Å². The molecule has 1 atom stereocenters. The van der Waals surface area contributed by atoms with Gasteiger partial charge in [-0.15, -0.1) is 0 Å². The monoisotopic (exact) mass is 402 g/mol. The Morgan fingerprint density at radius 3 is 2.00 bits per heavy atom. The van der Waals surface area contributed by atoms with Crippen molar-refractivity contribution in [3.8, 4) is 0 Å². The van der Waals surface area contributed by atoms with Crippen LogP contribution in [0.1, 0.15) is 47.8 Å². The lowest BCUT2D eigenvalue weighted by Gasteiger charge is -2.26. The van der Waals surface area contributed by atoms with Crippen LogP contribution in [-0.2, 0) is 16.6 Å². The van der Waals surface area contributed by atoms with Crippen LogP contribution >= 0.6 is 0 Å². The summed E-state index contributed by atoms with van der Waals surface area (Å²) in [6, 6.07) is 12.9. The highest BCUT2D eigenvalue weighted by atomic mass is 32.2. The molecule has 0 saturated heterocycles. The van der Waals surface area contributed by atoms with E-state index in [0.717, 1.165) is 16.7 Å². The number of nitrogens with zero attached hydrogens (tertiary/aromatic N) is 1. The van der Waals surface area contributed by atoms with Gasteiger partial charge in [0.2, 0.25) is 10.0 Å². The summed E-state index contributed by atoms with van der Waals surface area (Å²) >= 11 is 0. The van der Waals surface area contributed by atoms with E-state index in [-0.39, 0.29) is 18.5 Å². The Hall–Kier alpha value is -2.34. The van der Waals surface area contributed by atoms with Gasteiger partial charge in [0.05, 0.1) is 18.5 Å². The summed E-state index contributed by atoms with van der Waals surface area (Å²) in [5.74, 6) is 0.228. The molecular weight excluding hydrogens is 372 g/mol. The fourth-order valence-corrected chi connectivity index (χ4v) is 3.95. The predicted molar refractivity (Wildman–Crippen MR) is 115 cm³/mol. The number of rotatable bonds is 7. The van der Waals surface area contributed by atoms with Crippen LogP contribution in [0.3, 0.4) is 0 Å². The molecular formula is C22H30N2O3S. The number of carbonyl (C=O) groups is 1. The average Bonchev–Trinajstić information content (AvgIpc) is 2.60. The van der Waals surface area contributed by atoms with Gasteiger partial charge in [0.1, 0.15) is 0 Å². The lowest BCUT2D eigenvalue weighted by Crippen LogP contribution is -2.36. The van der Waals surface area contributed by atoms with E-state index in [1.807, 2.05) is 39.0 Å². The van der Waals surface area contributed by atoms with Crippen LogP contribution < -0.4 is 9.62 Å². The molecule has 152 valence electrons. The Kier molecular flexibility index (Phi) is 6.88. The minimum atomic E-state index is -3.46. The number of sulfonamides is 1. The Bertz CT molecular complexity index is 915. The molecule has 6 heteroatoms. The molecule has 0 radical (unpaired) electrons. The molecule has 28 heavy (non-hydrogen) atoms. The summed E-state index contributed by atoms with van der Waals surface area (Å²) in [5, 5.41) is 2.98.